The van der Waals surface area contributed by atoms with Gasteiger partial charge < -0.3 is 10.6 Å². The van der Waals surface area contributed by atoms with Crippen molar-refractivity contribution in [2.75, 3.05) is 6.54 Å². The zero-order valence-electron chi connectivity index (χ0n) is 16.7. The number of nitrogens with zero attached hydrogens (tertiary/aromatic N) is 2. The molecule has 0 aliphatic rings. The molecule has 0 aliphatic carbocycles. The van der Waals surface area contributed by atoms with Crippen molar-refractivity contribution in [1.29, 1.82) is 0 Å². The molecule has 0 aliphatic heterocycles. The molecule has 156 valence electrons. The Bertz CT molecular complexity index is 1060. The minimum atomic E-state index is -0.246. The highest BCUT2D eigenvalue weighted by Gasteiger charge is 2.17. The third-order valence-corrected chi connectivity index (χ3v) is 5.44. The number of carbonyl (C=O) groups is 2. The molecule has 2 aromatic carbocycles. The van der Waals surface area contributed by atoms with Gasteiger partial charge in [0, 0.05) is 17.8 Å². The van der Waals surface area contributed by atoms with Crippen LogP contribution in [0.3, 0.4) is 0 Å². The van der Waals surface area contributed by atoms with E-state index in [-0.39, 0.29) is 24.8 Å². The Labute approximate surface area is 185 Å². The first kappa shape index (κ1) is 21.9. The van der Waals surface area contributed by atoms with Gasteiger partial charge >= 0.3 is 0 Å². The average Bonchev–Trinajstić information content (AvgIpc) is 3.01. The summed E-state index contributed by atoms with van der Waals surface area (Å²) >= 11 is 12.1. The molecule has 0 bridgehead atoms. The van der Waals surface area contributed by atoms with Gasteiger partial charge in [0.05, 0.1) is 34.4 Å². The number of rotatable bonds is 7. The third kappa shape index (κ3) is 5.40. The van der Waals surface area contributed by atoms with Gasteiger partial charge in [0.25, 0.3) is 0 Å². The Morgan fingerprint density at radius 2 is 1.70 bits per heavy atom. The van der Waals surface area contributed by atoms with E-state index in [9.17, 15) is 9.59 Å². The fourth-order valence-electron chi connectivity index (χ4n) is 3.06. The fraction of sp³-hybridized carbons (Fsp3) is 0.227. The second-order valence-corrected chi connectivity index (χ2v) is 7.69. The van der Waals surface area contributed by atoms with Gasteiger partial charge in [-0.2, -0.15) is 5.10 Å². The number of hydrogen-bond donors (Lipinski definition) is 2. The number of halogens is 2. The first-order chi connectivity index (χ1) is 14.3. The fourth-order valence-corrected chi connectivity index (χ4v) is 3.35. The summed E-state index contributed by atoms with van der Waals surface area (Å²) in [6.07, 6.45) is 0.130. The summed E-state index contributed by atoms with van der Waals surface area (Å²) in [7, 11) is 0. The third-order valence-electron chi connectivity index (χ3n) is 4.70. The molecule has 30 heavy (non-hydrogen) atoms. The zero-order valence-corrected chi connectivity index (χ0v) is 18.2. The van der Waals surface area contributed by atoms with E-state index in [0.29, 0.717) is 16.6 Å². The minimum absolute atomic E-state index is 0.0787. The normalized spacial score (nSPS) is 10.7. The van der Waals surface area contributed by atoms with E-state index in [4.69, 9.17) is 23.2 Å². The van der Waals surface area contributed by atoms with Crippen LogP contribution in [0, 0.1) is 13.8 Å². The largest absolute Gasteiger partial charge is 0.350 e. The van der Waals surface area contributed by atoms with Gasteiger partial charge in [-0.25, -0.2) is 4.68 Å². The molecule has 0 saturated carbocycles. The number of aromatic nitrogens is 2. The molecule has 2 N–H and O–H groups in total. The lowest BCUT2D eigenvalue weighted by Crippen LogP contribution is -2.37. The second kappa shape index (κ2) is 9.78. The maximum Gasteiger partial charge on any atom is 0.239 e. The molecule has 0 spiro atoms. The number of hydrogen-bond acceptors (Lipinski definition) is 3. The predicted octanol–water partition coefficient (Wildman–Crippen LogP) is 3.77. The van der Waals surface area contributed by atoms with Crippen molar-refractivity contribution in [2.45, 2.75) is 26.8 Å². The molecular formula is C22H22Cl2N4O2. The Morgan fingerprint density at radius 3 is 2.40 bits per heavy atom. The van der Waals surface area contributed by atoms with Crippen molar-refractivity contribution in [3.05, 3.63) is 81.1 Å². The Hall–Kier alpha value is -2.83. The van der Waals surface area contributed by atoms with Crippen molar-refractivity contribution in [3.63, 3.8) is 0 Å². The van der Waals surface area contributed by atoms with E-state index < -0.39 is 0 Å². The molecule has 3 aromatic rings. The lowest BCUT2D eigenvalue weighted by Gasteiger charge is -2.08. The predicted molar refractivity (Wildman–Crippen MR) is 118 cm³/mol. The van der Waals surface area contributed by atoms with Crippen molar-refractivity contribution in [1.82, 2.24) is 20.4 Å². The number of aryl methyl sites for hydroxylation is 1. The highest BCUT2D eigenvalue weighted by Crippen LogP contribution is 2.26. The van der Waals surface area contributed by atoms with Crippen LogP contribution < -0.4 is 10.6 Å². The number of nitrogens with one attached hydrogen (secondary N) is 2. The van der Waals surface area contributed by atoms with Crippen LogP contribution >= 0.6 is 23.2 Å². The van der Waals surface area contributed by atoms with Crippen LogP contribution in [0.25, 0.3) is 5.69 Å². The number of carbonyl (C=O) groups excluding carboxylic acids is 2. The van der Waals surface area contributed by atoms with Crippen LogP contribution in [0.15, 0.2) is 48.5 Å². The second-order valence-electron chi connectivity index (χ2n) is 6.88. The highest BCUT2D eigenvalue weighted by atomic mass is 35.5. The van der Waals surface area contributed by atoms with Gasteiger partial charge in [-0.1, -0.05) is 53.5 Å². The van der Waals surface area contributed by atoms with Gasteiger partial charge in [0.2, 0.25) is 11.8 Å². The molecule has 8 heteroatoms. The lowest BCUT2D eigenvalue weighted by atomic mass is 10.1. The molecule has 0 radical (unpaired) electrons. The van der Waals surface area contributed by atoms with E-state index in [1.54, 1.807) is 16.8 Å². The number of benzene rings is 2. The monoisotopic (exact) mass is 444 g/mol. The Kier molecular flexibility index (Phi) is 7.13. The molecule has 2 amide bonds. The van der Waals surface area contributed by atoms with E-state index in [1.807, 2.05) is 50.2 Å². The van der Waals surface area contributed by atoms with E-state index in [1.165, 1.54) is 0 Å². The van der Waals surface area contributed by atoms with Crippen LogP contribution in [0.1, 0.15) is 22.5 Å². The van der Waals surface area contributed by atoms with Crippen molar-refractivity contribution in [2.24, 2.45) is 0 Å². The van der Waals surface area contributed by atoms with Crippen LogP contribution in [0.4, 0.5) is 0 Å². The summed E-state index contributed by atoms with van der Waals surface area (Å²) in [5.41, 5.74) is 4.13. The van der Waals surface area contributed by atoms with Crippen molar-refractivity contribution < 1.29 is 9.59 Å². The Balaban J connectivity index is 1.58. The van der Waals surface area contributed by atoms with Gasteiger partial charge in [0.15, 0.2) is 0 Å². The number of amides is 2. The summed E-state index contributed by atoms with van der Waals surface area (Å²) in [5.74, 6) is -0.489. The quantitative estimate of drug-likeness (QED) is 0.582. The summed E-state index contributed by atoms with van der Waals surface area (Å²) in [4.78, 5) is 24.4. The summed E-state index contributed by atoms with van der Waals surface area (Å²) < 4.78 is 1.73. The minimum Gasteiger partial charge on any atom is -0.350 e. The molecule has 0 atom stereocenters. The SMILES string of the molecule is Cc1nn(-c2ccc(Cl)c(Cl)c2)c(C)c1CC(=O)NCC(=O)NCc1ccccc1. The molecular weight excluding hydrogens is 423 g/mol. The zero-order chi connectivity index (χ0) is 21.7. The summed E-state index contributed by atoms with van der Waals surface area (Å²) in [6, 6.07) is 14.8. The van der Waals surface area contributed by atoms with Crippen LogP contribution in [-0.2, 0) is 22.6 Å². The molecule has 1 aromatic heterocycles. The van der Waals surface area contributed by atoms with E-state index in [2.05, 4.69) is 15.7 Å². The molecule has 1 heterocycles. The van der Waals surface area contributed by atoms with Gasteiger partial charge in [-0.3, -0.25) is 9.59 Å². The maximum absolute atomic E-state index is 12.4. The summed E-state index contributed by atoms with van der Waals surface area (Å²) in [6.45, 7) is 4.07. The summed E-state index contributed by atoms with van der Waals surface area (Å²) in [5, 5.41) is 10.9. The maximum atomic E-state index is 12.4. The van der Waals surface area contributed by atoms with Crippen LogP contribution in [-0.4, -0.2) is 28.1 Å². The average molecular weight is 445 g/mol. The lowest BCUT2D eigenvalue weighted by molar-refractivity contribution is -0.125. The molecule has 0 unspecified atom stereocenters. The smallest absolute Gasteiger partial charge is 0.239 e. The van der Waals surface area contributed by atoms with Crippen LogP contribution in [0.2, 0.25) is 10.0 Å². The molecule has 0 saturated heterocycles. The van der Waals surface area contributed by atoms with Crippen molar-refractivity contribution in [3.8, 4) is 5.69 Å². The molecule has 3 rings (SSSR count). The first-order valence-electron chi connectivity index (χ1n) is 9.43. The van der Waals surface area contributed by atoms with Gasteiger partial charge in [-0.15, -0.1) is 0 Å². The first-order valence-corrected chi connectivity index (χ1v) is 10.2. The van der Waals surface area contributed by atoms with Gasteiger partial charge in [-0.05, 0) is 37.6 Å². The molecule has 6 nitrogen and oxygen atoms in total. The van der Waals surface area contributed by atoms with Crippen molar-refractivity contribution >= 4 is 35.0 Å². The van der Waals surface area contributed by atoms with Gasteiger partial charge in [0.1, 0.15) is 0 Å². The topological polar surface area (TPSA) is 76.0 Å². The standard InChI is InChI=1S/C22H22Cl2N4O2/c1-14-18(15(2)28(27-14)17-8-9-19(23)20(24)10-17)11-21(29)26-13-22(30)25-12-16-6-4-3-5-7-16/h3-10H,11-13H2,1-2H3,(H,25,30)(H,26,29). The van der Waals surface area contributed by atoms with E-state index >= 15 is 0 Å². The highest BCUT2D eigenvalue weighted by molar-refractivity contribution is 6.42. The molecule has 0 fully saturated rings. The Morgan fingerprint density at radius 1 is 0.967 bits per heavy atom. The van der Waals surface area contributed by atoms with Crippen LogP contribution in [0.5, 0.6) is 0 Å². The van der Waals surface area contributed by atoms with E-state index in [0.717, 1.165) is 28.2 Å².